The molecule has 1 aliphatic carbocycles. The van der Waals surface area contributed by atoms with Gasteiger partial charge >= 0.3 is 0 Å². The Morgan fingerprint density at radius 3 is 2.82 bits per heavy atom. The number of benzene rings is 1. The molecule has 0 saturated carbocycles. The molecule has 2 aromatic heterocycles. The average molecular weight is 525 g/mol. The first-order chi connectivity index (χ1) is 15.7. The molecule has 1 atom stereocenters. The first-order valence-electron chi connectivity index (χ1n) is 10.5. The number of carbonyl (C=O) groups is 2. The van der Waals surface area contributed by atoms with Crippen molar-refractivity contribution in [2.24, 2.45) is 5.73 Å². The van der Waals surface area contributed by atoms with Crippen LogP contribution in [0.2, 0.25) is 5.02 Å². The second-order valence-electron chi connectivity index (χ2n) is 8.16. The van der Waals surface area contributed by atoms with Crippen molar-refractivity contribution >= 4 is 66.2 Å². The van der Waals surface area contributed by atoms with E-state index in [2.05, 4.69) is 4.98 Å². The Balaban J connectivity index is 1.30. The molecule has 0 radical (unpaired) electrons. The van der Waals surface area contributed by atoms with E-state index in [-0.39, 0.29) is 41.6 Å². The van der Waals surface area contributed by atoms with Crippen LogP contribution < -0.4 is 5.73 Å². The van der Waals surface area contributed by atoms with Gasteiger partial charge in [0, 0.05) is 27.7 Å². The quantitative estimate of drug-likeness (QED) is 0.551. The van der Waals surface area contributed by atoms with Gasteiger partial charge in [0.15, 0.2) is 0 Å². The minimum Gasteiger partial charge on any atom is -0.369 e. The maximum atomic E-state index is 13.2. The van der Waals surface area contributed by atoms with Crippen molar-refractivity contribution in [3.63, 3.8) is 0 Å². The Morgan fingerprint density at radius 2 is 2.06 bits per heavy atom. The topological polar surface area (TPSA) is 114 Å². The first-order valence-corrected chi connectivity index (χ1v) is 13.9. The molecular formula is C21H21ClN4O4S3. The van der Waals surface area contributed by atoms with E-state index in [0.29, 0.717) is 18.0 Å². The van der Waals surface area contributed by atoms with Crippen LogP contribution in [0.1, 0.15) is 34.3 Å². The summed E-state index contributed by atoms with van der Waals surface area (Å²) in [6, 6.07) is 6.86. The van der Waals surface area contributed by atoms with E-state index in [1.807, 2.05) is 0 Å². The van der Waals surface area contributed by atoms with Gasteiger partial charge in [-0.25, -0.2) is 13.4 Å². The van der Waals surface area contributed by atoms with Crippen molar-refractivity contribution in [3.05, 3.63) is 44.9 Å². The van der Waals surface area contributed by atoms with Gasteiger partial charge in [-0.15, -0.1) is 22.7 Å². The average Bonchev–Trinajstić information content (AvgIpc) is 3.38. The molecule has 0 bridgehead atoms. The van der Waals surface area contributed by atoms with Gasteiger partial charge in [0.2, 0.25) is 11.8 Å². The number of nitrogens with zero attached hydrogens (tertiary/aromatic N) is 3. The van der Waals surface area contributed by atoms with Gasteiger partial charge in [0.1, 0.15) is 9.22 Å². The molecule has 12 heteroatoms. The van der Waals surface area contributed by atoms with Crippen LogP contribution >= 0.6 is 34.3 Å². The molecule has 1 aromatic carbocycles. The molecule has 3 heterocycles. The number of fused-ring (bicyclic) bond motifs is 2. The summed E-state index contributed by atoms with van der Waals surface area (Å²) >= 11 is 8.67. The van der Waals surface area contributed by atoms with E-state index >= 15 is 0 Å². The minimum absolute atomic E-state index is 0.200. The van der Waals surface area contributed by atoms with Crippen molar-refractivity contribution in [2.45, 2.75) is 35.9 Å². The van der Waals surface area contributed by atoms with E-state index in [9.17, 15) is 18.0 Å². The third-order valence-electron chi connectivity index (χ3n) is 6.01. The van der Waals surface area contributed by atoms with Crippen molar-refractivity contribution in [1.29, 1.82) is 0 Å². The zero-order chi connectivity index (χ0) is 23.3. The number of aromatic nitrogens is 1. The maximum absolute atomic E-state index is 13.2. The number of aryl methyl sites for hydroxylation is 1. The lowest BCUT2D eigenvalue weighted by atomic mass is 9.90. The summed E-state index contributed by atoms with van der Waals surface area (Å²) in [5, 5.41) is 2.09. The van der Waals surface area contributed by atoms with Gasteiger partial charge in [-0.2, -0.15) is 4.31 Å². The summed E-state index contributed by atoms with van der Waals surface area (Å²) in [6.07, 6.45) is 2.45. The van der Waals surface area contributed by atoms with Crippen LogP contribution in [0.15, 0.2) is 28.5 Å². The van der Waals surface area contributed by atoms with Crippen molar-refractivity contribution in [3.8, 4) is 0 Å². The van der Waals surface area contributed by atoms with Gasteiger partial charge in [0.25, 0.3) is 10.0 Å². The second kappa shape index (κ2) is 8.62. The Labute approximate surface area is 204 Å². The standard InChI is InChI=1S/C21H21ClN4O4S3/c22-13-5-4-12-8-19(32-16(12)9-13)33(29,30)26-7-6-25(18(27)11-26)10-17-24-20-14(21(23)28)2-1-3-15(20)31-17/h4-5,8-9,14H,1-3,6-7,10-11H2,(H2,23,28). The normalized spacial score (nSPS) is 19.7. The number of thiophene rings is 1. The van der Waals surface area contributed by atoms with Crippen LogP contribution in [-0.4, -0.2) is 54.1 Å². The fourth-order valence-electron chi connectivity index (χ4n) is 4.27. The van der Waals surface area contributed by atoms with E-state index in [4.69, 9.17) is 17.3 Å². The third-order valence-corrected chi connectivity index (χ3v) is 10.7. The third kappa shape index (κ3) is 4.28. The summed E-state index contributed by atoms with van der Waals surface area (Å²) in [5.41, 5.74) is 6.27. The number of piperazine rings is 1. The Bertz CT molecular complexity index is 1370. The van der Waals surface area contributed by atoms with Gasteiger partial charge < -0.3 is 10.6 Å². The molecule has 33 heavy (non-hydrogen) atoms. The van der Waals surface area contributed by atoms with Crippen LogP contribution in [0.25, 0.3) is 10.1 Å². The number of hydrogen-bond acceptors (Lipinski definition) is 7. The molecule has 5 rings (SSSR count). The molecule has 1 unspecified atom stereocenters. The van der Waals surface area contributed by atoms with Gasteiger partial charge in [0.05, 0.1) is 24.7 Å². The molecule has 1 fully saturated rings. The molecule has 2 N–H and O–H groups in total. The molecule has 174 valence electrons. The number of sulfonamides is 1. The molecule has 1 aliphatic heterocycles. The van der Waals surface area contributed by atoms with E-state index in [0.717, 1.165) is 49.8 Å². The fraction of sp³-hybridized carbons (Fsp3) is 0.381. The van der Waals surface area contributed by atoms with Crippen molar-refractivity contribution in [2.75, 3.05) is 19.6 Å². The number of thiazole rings is 1. The Kier molecular flexibility index (Phi) is 5.94. The van der Waals surface area contributed by atoms with Gasteiger partial charge in [-0.3, -0.25) is 9.59 Å². The lowest BCUT2D eigenvalue weighted by Crippen LogP contribution is -2.51. The highest BCUT2D eigenvalue weighted by Gasteiger charge is 2.35. The number of primary amides is 1. The molecular weight excluding hydrogens is 504 g/mol. The summed E-state index contributed by atoms with van der Waals surface area (Å²) in [6.45, 7) is 0.569. The minimum atomic E-state index is -3.79. The number of carbonyl (C=O) groups excluding carboxylic acids is 2. The van der Waals surface area contributed by atoms with Crippen LogP contribution in [0.4, 0.5) is 0 Å². The predicted octanol–water partition coefficient (Wildman–Crippen LogP) is 2.95. The number of rotatable bonds is 5. The van der Waals surface area contributed by atoms with Crippen molar-refractivity contribution < 1.29 is 18.0 Å². The predicted molar refractivity (Wildman–Crippen MR) is 128 cm³/mol. The van der Waals surface area contributed by atoms with Crippen LogP contribution in [-0.2, 0) is 32.6 Å². The number of hydrogen-bond donors (Lipinski definition) is 1. The summed E-state index contributed by atoms with van der Waals surface area (Å²) in [5.74, 6) is -1.01. The maximum Gasteiger partial charge on any atom is 0.253 e. The molecule has 1 saturated heterocycles. The van der Waals surface area contributed by atoms with Gasteiger partial charge in [-0.1, -0.05) is 17.7 Å². The van der Waals surface area contributed by atoms with E-state index in [1.165, 1.54) is 15.6 Å². The zero-order valence-electron chi connectivity index (χ0n) is 17.5. The van der Waals surface area contributed by atoms with Crippen molar-refractivity contribution in [1.82, 2.24) is 14.2 Å². The smallest absolute Gasteiger partial charge is 0.253 e. The monoisotopic (exact) mass is 524 g/mol. The molecule has 3 aromatic rings. The van der Waals surface area contributed by atoms with E-state index in [1.54, 1.807) is 29.2 Å². The highest BCUT2D eigenvalue weighted by molar-refractivity contribution is 7.91. The number of nitrogens with two attached hydrogens (primary N) is 1. The van der Waals surface area contributed by atoms with Crippen LogP contribution in [0, 0.1) is 0 Å². The Hall–Kier alpha value is -2.05. The summed E-state index contributed by atoms with van der Waals surface area (Å²) in [4.78, 5) is 31.9. The summed E-state index contributed by atoms with van der Waals surface area (Å²) < 4.78 is 28.5. The molecule has 8 nitrogen and oxygen atoms in total. The van der Waals surface area contributed by atoms with Crippen LogP contribution in [0.5, 0.6) is 0 Å². The Morgan fingerprint density at radius 1 is 1.24 bits per heavy atom. The molecule has 2 aliphatic rings. The first kappa shape index (κ1) is 22.7. The summed E-state index contributed by atoms with van der Waals surface area (Å²) in [7, 11) is -3.79. The number of halogens is 1. The van der Waals surface area contributed by atoms with Gasteiger partial charge in [-0.05, 0) is 42.8 Å². The number of amides is 2. The van der Waals surface area contributed by atoms with Crippen LogP contribution in [0.3, 0.4) is 0 Å². The highest BCUT2D eigenvalue weighted by Crippen LogP contribution is 2.36. The SMILES string of the molecule is NC(=O)C1CCCc2sc(CN3CCN(S(=O)(=O)c4cc5ccc(Cl)cc5s4)CC3=O)nc21. The molecule has 0 spiro atoms. The molecule has 2 amide bonds. The second-order valence-corrected chi connectivity index (χ2v) is 13.0. The lowest BCUT2D eigenvalue weighted by molar-refractivity contribution is -0.134. The van der Waals surface area contributed by atoms with E-state index < -0.39 is 10.0 Å². The largest absolute Gasteiger partial charge is 0.369 e. The lowest BCUT2D eigenvalue weighted by Gasteiger charge is -2.32. The fourth-order valence-corrected chi connectivity index (χ4v) is 8.67. The zero-order valence-corrected chi connectivity index (χ0v) is 20.7. The highest BCUT2D eigenvalue weighted by atomic mass is 35.5.